The molecule has 0 aliphatic carbocycles. The highest BCUT2D eigenvalue weighted by Crippen LogP contribution is 2.12. The lowest BCUT2D eigenvalue weighted by atomic mass is 10.2. The van der Waals surface area contributed by atoms with E-state index in [1.54, 1.807) is 4.90 Å². The summed E-state index contributed by atoms with van der Waals surface area (Å²) in [6, 6.07) is 17.2. The van der Waals surface area contributed by atoms with Gasteiger partial charge in [-0.15, -0.1) is 0 Å². The zero-order chi connectivity index (χ0) is 15.8. The Bertz CT molecular complexity index is 584. The number of halogens is 1. The van der Waals surface area contributed by atoms with Gasteiger partial charge in [0.15, 0.2) is 0 Å². The van der Waals surface area contributed by atoms with Crippen LogP contribution in [0.4, 0.5) is 0 Å². The van der Waals surface area contributed by atoms with Gasteiger partial charge >= 0.3 is 0 Å². The van der Waals surface area contributed by atoms with Crippen molar-refractivity contribution in [1.29, 1.82) is 0 Å². The molecule has 0 heterocycles. The van der Waals surface area contributed by atoms with Crippen molar-refractivity contribution < 1.29 is 9.53 Å². The largest absolute Gasteiger partial charge is 0.494 e. The molecule has 1 amide bonds. The van der Waals surface area contributed by atoms with Gasteiger partial charge in [-0.1, -0.05) is 41.9 Å². The van der Waals surface area contributed by atoms with Crippen LogP contribution in [0.25, 0.3) is 0 Å². The van der Waals surface area contributed by atoms with Gasteiger partial charge in [-0.25, -0.2) is 0 Å². The predicted octanol–water partition coefficient (Wildman–Crippen LogP) is 4.16. The van der Waals surface area contributed by atoms with Crippen LogP contribution in [-0.4, -0.2) is 24.5 Å². The molecular formula is C18H20ClNO2. The van der Waals surface area contributed by atoms with E-state index in [4.69, 9.17) is 16.3 Å². The first-order valence-corrected chi connectivity index (χ1v) is 7.69. The van der Waals surface area contributed by atoms with E-state index in [9.17, 15) is 4.79 Å². The number of benzene rings is 2. The summed E-state index contributed by atoms with van der Waals surface area (Å²) in [5, 5.41) is 0.704. The van der Waals surface area contributed by atoms with Gasteiger partial charge in [0.1, 0.15) is 5.75 Å². The lowest BCUT2D eigenvalue weighted by molar-refractivity contribution is -0.130. The molecule has 0 aliphatic rings. The molecule has 3 nitrogen and oxygen atoms in total. The summed E-state index contributed by atoms with van der Waals surface area (Å²) in [4.78, 5) is 13.8. The van der Waals surface area contributed by atoms with Crippen molar-refractivity contribution in [2.75, 3.05) is 13.7 Å². The molecule has 2 aromatic rings. The van der Waals surface area contributed by atoms with E-state index >= 15 is 0 Å². The van der Waals surface area contributed by atoms with Crippen molar-refractivity contribution in [3.05, 3.63) is 65.2 Å². The van der Waals surface area contributed by atoms with Crippen molar-refractivity contribution in [1.82, 2.24) is 4.90 Å². The minimum absolute atomic E-state index is 0.117. The van der Waals surface area contributed by atoms with Crippen LogP contribution in [0.15, 0.2) is 54.6 Å². The first-order chi connectivity index (χ1) is 10.6. The number of carbonyl (C=O) groups excluding carboxylic acids is 1. The van der Waals surface area contributed by atoms with Crippen LogP contribution >= 0.6 is 11.6 Å². The number of hydrogen-bond acceptors (Lipinski definition) is 2. The molecule has 0 spiro atoms. The van der Waals surface area contributed by atoms with E-state index in [0.29, 0.717) is 31.0 Å². The maximum Gasteiger partial charge on any atom is 0.222 e. The molecule has 0 aliphatic heterocycles. The van der Waals surface area contributed by atoms with E-state index in [2.05, 4.69) is 0 Å². The van der Waals surface area contributed by atoms with Crippen molar-refractivity contribution in [2.24, 2.45) is 0 Å². The summed E-state index contributed by atoms with van der Waals surface area (Å²) in [6.45, 7) is 1.14. The summed E-state index contributed by atoms with van der Waals surface area (Å²) >= 11 is 5.85. The highest BCUT2D eigenvalue weighted by atomic mass is 35.5. The van der Waals surface area contributed by atoms with Gasteiger partial charge in [-0.3, -0.25) is 4.79 Å². The molecule has 116 valence electrons. The smallest absolute Gasteiger partial charge is 0.222 e. The van der Waals surface area contributed by atoms with E-state index in [1.807, 2.05) is 61.6 Å². The fourth-order valence-electron chi connectivity index (χ4n) is 2.07. The third-order valence-electron chi connectivity index (χ3n) is 3.31. The molecule has 0 saturated heterocycles. The van der Waals surface area contributed by atoms with Crippen molar-refractivity contribution in [3.8, 4) is 5.75 Å². The summed E-state index contributed by atoms with van der Waals surface area (Å²) in [5.74, 6) is 0.955. The quantitative estimate of drug-likeness (QED) is 0.718. The van der Waals surface area contributed by atoms with Gasteiger partial charge in [-0.05, 0) is 36.2 Å². The van der Waals surface area contributed by atoms with Crippen molar-refractivity contribution in [2.45, 2.75) is 19.4 Å². The van der Waals surface area contributed by atoms with E-state index in [-0.39, 0.29) is 5.91 Å². The summed E-state index contributed by atoms with van der Waals surface area (Å²) < 4.78 is 5.58. The number of hydrogen-bond donors (Lipinski definition) is 0. The molecule has 0 atom stereocenters. The molecule has 22 heavy (non-hydrogen) atoms. The van der Waals surface area contributed by atoms with Crippen LogP contribution < -0.4 is 4.74 Å². The maximum atomic E-state index is 12.1. The number of amides is 1. The average molecular weight is 318 g/mol. The molecule has 0 unspecified atom stereocenters. The Labute approximate surface area is 136 Å². The van der Waals surface area contributed by atoms with Gasteiger partial charge in [0.05, 0.1) is 6.61 Å². The average Bonchev–Trinajstić information content (AvgIpc) is 2.54. The number of rotatable bonds is 7. The minimum Gasteiger partial charge on any atom is -0.494 e. The van der Waals surface area contributed by atoms with Gasteiger partial charge in [0, 0.05) is 25.0 Å². The Morgan fingerprint density at radius 2 is 1.77 bits per heavy atom. The van der Waals surface area contributed by atoms with Crippen LogP contribution in [-0.2, 0) is 11.3 Å². The van der Waals surface area contributed by atoms with Gasteiger partial charge in [-0.2, -0.15) is 0 Å². The molecule has 0 bridgehead atoms. The number of para-hydroxylation sites is 1. The standard InChI is InChI=1S/C18H20ClNO2/c1-20(14-15-9-11-16(19)12-10-15)18(21)8-5-13-22-17-6-3-2-4-7-17/h2-4,6-7,9-12H,5,8,13-14H2,1H3. The van der Waals surface area contributed by atoms with E-state index < -0.39 is 0 Å². The van der Waals surface area contributed by atoms with Crippen LogP contribution in [0, 0.1) is 0 Å². The van der Waals surface area contributed by atoms with Crippen LogP contribution in [0.1, 0.15) is 18.4 Å². The predicted molar refractivity (Wildman–Crippen MR) is 89.1 cm³/mol. The van der Waals surface area contributed by atoms with Gasteiger partial charge in [0.25, 0.3) is 0 Å². The summed E-state index contributed by atoms with van der Waals surface area (Å²) in [7, 11) is 1.81. The molecule has 2 rings (SSSR count). The zero-order valence-electron chi connectivity index (χ0n) is 12.7. The molecule has 0 aromatic heterocycles. The third kappa shape index (κ3) is 5.41. The van der Waals surface area contributed by atoms with E-state index in [1.165, 1.54) is 0 Å². The Kier molecular flexibility index (Phi) is 6.28. The second-order valence-corrected chi connectivity index (χ2v) is 5.58. The first kappa shape index (κ1) is 16.4. The monoisotopic (exact) mass is 317 g/mol. The van der Waals surface area contributed by atoms with Crippen LogP contribution in [0.3, 0.4) is 0 Å². The minimum atomic E-state index is 0.117. The third-order valence-corrected chi connectivity index (χ3v) is 3.56. The second kappa shape index (κ2) is 8.44. The second-order valence-electron chi connectivity index (χ2n) is 5.14. The van der Waals surface area contributed by atoms with Gasteiger partial charge in [0.2, 0.25) is 5.91 Å². The highest BCUT2D eigenvalue weighted by Gasteiger charge is 2.09. The molecule has 0 fully saturated rings. The number of ether oxygens (including phenoxy) is 1. The maximum absolute atomic E-state index is 12.1. The van der Waals surface area contributed by atoms with Gasteiger partial charge < -0.3 is 9.64 Å². The Balaban J connectivity index is 1.69. The van der Waals surface area contributed by atoms with Crippen LogP contribution in [0.5, 0.6) is 5.75 Å². The SMILES string of the molecule is CN(Cc1ccc(Cl)cc1)C(=O)CCCOc1ccccc1. The Morgan fingerprint density at radius 1 is 1.09 bits per heavy atom. The zero-order valence-corrected chi connectivity index (χ0v) is 13.4. The normalized spacial score (nSPS) is 10.3. The molecule has 0 N–H and O–H groups in total. The molecule has 4 heteroatoms. The molecule has 0 saturated carbocycles. The fourth-order valence-corrected chi connectivity index (χ4v) is 2.20. The highest BCUT2D eigenvalue weighted by molar-refractivity contribution is 6.30. The van der Waals surface area contributed by atoms with Crippen molar-refractivity contribution >= 4 is 17.5 Å². The number of carbonyl (C=O) groups is 1. The molecule has 0 radical (unpaired) electrons. The molecular weight excluding hydrogens is 298 g/mol. The lowest BCUT2D eigenvalue weighted by Gasteiger charge is -2.17. The van der Waals surface area contributed by atoms with E-state index in [0.717, 1.165) is 11.3 Å². The molecule has 2 aromatic carbocycles. The van der Waals surface area contributed by atoms with Crippen LogP contribution in [0.2, 0.25) is 5.02 Å². The summed E-state index contributed by atoms with van der Waals surface area (Å²) in [5.41, 5.74) is 1.07. The lowest BCUT2D eigenvalue weighted by Crippen LogP contribution is -2.26. The summed E-state index contributed by atoms with van der Waals surface area (Å²) in [6.07, 6.45) is 1.19. The Morgan fingerprint density at radius 3 is 2.45 bits per heavy atom. The number of nitrogens with zero attached hydrogens (tertiary/aromatic N) is 1. The topological polar surface area (TPSA) is 29.5 Å². The fraction of sp³-hybridized carbons (Fsp3) is 0.278. The first-order valence-electron chi connectivity index (χ1n) is 7.31. The van der Waals surface area contributed by atoms with Crippen molar-refractivity contribution in [3.63, 3.8) is 0 Å². The Hall–Kier alpha value is -2.00.